The Morgan fingerprint density at radius 2 is 2.32 bits per heavy atom. The summed E-state index contributed by atoms with van der Waals surface area (Å²) < 4.78 is 29.4. The summed E-state index contributed by atoms with van der Waals surface area (Å²) in [4.78, 5) is 0. The third-order valence-corrected chi connectivity index (χ3v) is 2.93. The molecule has 19 heavy (non-hydrogen) atoms. The molecule has 1 aliphatic heterocycles. The monoisotopic (exact) mass is 269 g/mol. The van der Waals surface area contributed by atoms with E-state index in [1.165, 1.54) is 12.1 Å². The number of methoxy groups -OCH3 is 1. The van der Waals surface area contributed by atoms with E-state index in [1.54, 1.807) is 7.11 Å². The van der Waals surface area contributed by atoms with Gasteiger partial charge in [-0.2, -0.15) is 0 Å². The number of halogens is 1. The quantitative estimate of drug-likeness (QED) is 0.765. The standard InChI is InChI=1S/C14H20FNO3/c1-17-5-3-16-9-11-6-12(15)8-14(7-11)19-13-2-4-18-10-13/h6-8,13,16H,2-5,9-10H2,1H3. The second kappa shape index (κ2) is 7.43. The fourth-order valence-electron chi connectivity index (χ4n) is 2.00. The molecule has 1 heterocycles. The second-order valence-corrected chi connectivity index (χ2v) is 4.57. The Bertz CT molecular complexity index is 394. The zero-order chi connectivity index (χ0) is 13.5. The molecule has 0 aliphatic carbocycles. The summed E-state index contributed by atoms with van der Waals surface area (Å²) in [5.74, 6) is 0.291. The lowest BCUT2D eigenvalue weighted by atomic mass is 10.2. The van der Waals surface area contributed by atoms with Gasteiger partial charge in [0, 0.05) is 32.7 Å². The summed E-state index contributed by atoms with van der Waals surface area (Å²) in [5, 5.41) is 3.18. The largest absolute Gasteiger partial charge is 0.488 e. The van der Waals surface area contributed by atoms with Gasteiger partial charge in [0.2, 0.25) is 0 Å². The Balaban J connectivity index is 1.90. The van der Waals surface area contributed by atoms with Crippen LogP contribution in [0.2, 0.25) is 0 Å². The molecular formula is C14H20FNO3. The molecular weight excluding hydrogens is 249 g/mol. The van der Waals surface area contributed by atoms with E-state index in [-0.39, 0.29) is 11.9 Å². The van der Waals surface area contributed by atoms with Crippen LogP contribution >= 0.6 is 0 Å². The van der Waals surface area contributed by atoms with Crippen molar-refractivity contribution in [3.8, 4) is 5.75 Å². The predicted octanol–water partition coefficient (Wildman–Crippen LogP) is 1.73. The number of nitrogens with one attached hydrogen (secondary N) is 1. The Kier molecular flexibility index (Phi) is 5.57. The number of rotatable bonds is 7. The first-order valence-corrected chi connectivity index (χ1v) is 6.51. The summed E-state index contributed by atoms with van der Waals surface area (Å²) in [6, 6.07) is 4.79. The maximum atomic E-state index is 13.5. The molecule has 1 unspecified atom stereocenters. The van der Waals surface area contributed by atoms with Crippen molar-refractivity contribution >= 4 is 0 Å². The molecule has 1 atom stereocenters. The maximum Gasteiger partial charge on any atom is 0.127 e. The Morgan fingerprint density at radius 3 is 3.05 bits per heavy atom. The Hall–Kier alpha value is -1.17. The van der Waals surface area contributed by atoms with E-state index < -0.39 is 0 Å². The van der Waals surface area contributed by atoms with Crippen molar-refractivity contribution < 1.29 is 18.6 Å². The fourth-order valence-corrected chi connectivity index (χ4v) is 2.00. The third kappa shape index (κ3) is 4.78. The van der Waals surface area contributed by atoms with E-state index in [9.17, 15) is 4.39 Å². The molecule has 0 spiro atoms. The van der Waals surface area contributed by atoms with Crippen LogP contribution in [0.3, 0.4) is 0 Å². The summed E-state index contributed by atoms with van der Waals surface area (Å²) in [6.07, 6.45) is 0.897. The fraction of sp³-hybridized carbons (Fsp3) is 0.571. The van der Waals surface area contributed by atoms with Crippen molar-refractivity contribution in [2.45, 2.75) is 19.1 Å². The van der Waals surface area contributed by atoms with Crippen LogP contribution in [0.1, 0.15) is 12.0 Å². The minimum atomic E-state index is -0.278. The summed E-state index contributed by atoms with van der Waals surface area (Å²) in [5.41, 5.74) is 0.866. The van der Waals surface area contributed by atoms with Crippen molar-refractivity contribution in [1.29, 1.82) is 0 Å². The number of benzene rings is 1. The zero-order valence-corrected chi connectivity index (χ0v) is 11.2. The lowest BCUT2D eigenvalue weighted by Crippen LogP contribution is -2.19. The van der Waals surface area contributed by atoms with Crippen LogP contribution < -0.4 is 10.1 Å². The van der Waals surface area contributed by atoms with Gasteiger partial charge in [-0.1, -0.05) is 0 Å². The first-order chi connectivity index (χ1) is 9.28. The lowest BCUT2D eigenvalue weighted by molar-refractivity contribution is 0.141. The minimum absolute atomic E-state index is 0.0381. The molecule has 1 saturated heterocycles. The van der Waals surface area contributed by atoms with Crippen LogP contribution in [0.15, 0.2) is 18.2 Å². The molecule has 0 amide bonds. The second-order valence-electron chi connectivity index (χ2n) is 4.57. The van der Waals surface area contributed by atoms with Gasteiger partial charge in [0.15, 0.2) is 0 Å². The number of ether oxygens (including phenoxy) is 3. The van der Waals surface area contributed by atoms with E-state index in [4.69, 9.17) is 14.2 Å². The highest BCUT2D eigenvalue weighted by Crippen LogP contribution is 2.20. The average molecular weight is 269 g/mol. The summed E-state index contributed by atoms with van der Waals surface area (Å²) in [6.45, 7) is 3.26. The van der Waals surface area contributed by atoms with Gasteiger partial charge in [-0.3, -0.25) is 0 Å². The first-order valence-electron chi connectivity index (χ1n) is 6.51. The molecule has 1 N–H and O–H groups in total. The molecule has 5 heteroatoms. The molecule has 0 saturated carbocycles. The maximum absolute atomic E-state index is 13.5. The number of hydrogen-bond acceptors (Lipinski definition) is 4. The predicted molar refractivity (Wildman–Crippen MR) is 69.8 cm³/mol. The van der Waals surface area contributed by atoms with Crippen LogP contribution in [-0.2, 0) is 16.0 Å². The summed E-state index contributed by atoms with van der Waals surface area (Å²) in [7, 11) is 1.65. The van der Waals surface area contributed by atoms with Gasteiger partial charge in [-0.25, -0.2) is 4.39 Å². The van der Waals surface area contributed by atoms with Gasteiger partial charge in [-0.15, -0.1) is 0 Å². The average Bonchev–Trinajstić information content (AvgIpc) is 2.87. The molecule has 1 aromatic carbocycles. The highest BCUT2D eigenvalue weighted by molar-refractivity contribution is 5.29. The third-order valence-electron chi connectivity index (χ3n) is 2.93. The molecule has 106 valence electrons. The molecule has 0 aromatic heterocycles. The van der Waals surface area contributed by atoms with Crippen LogP contribution in [0.5, 0.6) is 5.75 Å². The highest BCUT2D eigenvalue weighted by Gasteiger charge is 2.17. The van der Waals surface area contributed by atoms with Crippen LogP contribution in [0, 0.1) is 5.82 Å². The van der Waals surface area contributed by atoms with Gasteiger partial charge < -0.3 is 19.5 Å². The van der Waals surface area contributed by atoms with Crippen LogP contribution in [0.25, 0.3) is 0 Å². The number of hydrogen-bond donors (Lipinski definition) is 1. The molecule has 1 fully saturated rings. The van der Waals surface area contributed by atoms with E-state index in [2.05, 4.69) is 5.32 Å². The SMILES string of the molecule is COCCNCc1cc(F)cc(OC2CCOC2)c1. The van der Waals surface area contributed by atoms with E-state index in [0.717, 1.165) is 18.5 Å². The van der Waals surface area contributed by atoms with E-state index in [0.29, 0.717) is 32.1 Å². The minimum Gasteiger partial charge on any atom is -0.488 e. The Morgan fingerprint density at radius 1 is 1.42 bits per heavy atom. The van der Waals surface area contributed by atoms with Crippen LogP contribution in [0.4, 0.5) is 4.39 Å². The summed E-state index contributed by atoms with van der Waals surface area (Å²) >= 11 is 0. The first kappa shape index (κ1) is 14.2. The topological polar surface area (TPSA) is 39.7 Å². The van der Waals surface area contributed by atoms with Crippen molar-refractivity contribution in [3.63, 3.8) is 0 Å². The van der Waals surface area contributed by atoms with Crippen LogP contribution in [-0.4, -0.2) is 39.6 Å². The molecule has 0 radical (unpaired) electrons. The van der Waals surface area contributed by atoms with Gasteiger partial charge in [0.25, 0.3) is 0 Å². The van der Waals surface area contributed by atoms with Gasteiger partial charge in [0.1, 0.15) is 17.7 Å². The van der Waals surface area contributed by atoms with Gasteiger partial charge in [0.05, 0.1) is 19.8 Å². The Labute approximate surface area is 112 Å². The zero-order valence-electron chi connectivity index (χ0n) is 11.2. The lowest BCUT2D eigenvalue weighted by Gasteiger charge is -2.13. The molecule has 1 aliphatic rings. The van der Waals surface area contributed by atoms with E-state index in [1.807, 2.05) is 6.07 Å². The van der Waals surface area contributed by atoms with Crippen molar-refractivity contribution in [1.82, 2.24) is 5.32 Å². The van der Waals surface area contributed by atoms with Crippen molar-refractivity contribution in [2.75, 3.05) is 33.5 Å². The van der Waals surface area contributed by atoms with Crippen molar-refractivity contribution in [2.24, 2.45) is 0 Å². The molecule has 4 nitrogen and oxygen atoms in total. The molecule has 1 aromatic rings. The van der Waals surface area contributed by atoms with E-state index >= 15 is 0 Å². The normalized spacial score (nSPS) is 18.7. The molecule has 0 bridgehead atoms. The smallest absolute Gasteiger partial charge is 0.127 e. The van der Waals surface area contributed by atoms with Gasteiger partial charge in [-0.05, 0) is 17.7 Å². The highest BCUT2D eigenvalue weighted by atomic mass is 19.1. The van der Waals surface area contributed by atoms with Gasteiger partial charge >= 0.3 is 0 Å². The van der Waals surface area contributed by atoms with Crippen molar-refractivity contribution in [3.05, 3.63) is 29.6 Å². The molecule has 2 rings (SSSR count).